The molecule has 1 N–H and O–H groups in total. The monoisotopic (exact) mass is 931 g/mol. The van der Waals surface area contributed by atoms with Crippen molar-refractivity contribution in [2.75, 3.05) is 34.5 Å². The molecule has 16 heteroatoms. The van der Waals surface area contributed by atoms with Crippen LogP contribution in [0.4, 0.5) is 0 Å². The molecule has 2 unspecified atom stereocenters. The van der Waals surface area contributed by atoms with Crippen LogP contribution in [0.25, 0.3) is 0 Å². The molecule has 9 atom stereocenters. The van der Waals surface area contributed by atoms with Crippen molar-refractivity contribution in [1.29, 1.82) is 0 Å². The van der Waals surface area contributed by atoms with Gasteiger partial charge in [0.1, 0.15) is 0 Å². The van der Waals surface area contributed by atoms with Crippen LogP contribution in [-0.2, 0) is 67.6 Å². The van der Waals surface area contributed by atoms with Crippen LogP contribution in [0, 0.1) is 0 Å². The van der Waals surface area contributed by atoms with Crippen molar-refractivity contribution in [2.24, 2.45) is 0 Å². The Morgan fingerprint density at radius 3 is 1.80 bits per heavy atom. The van der Waals surface area contributed by atoms with Gasteiger partial charge in [0.25, 0.3) is 0 Å². The summed E-state index contributed by atoms with van der Waals surface area (Å²) in [6, 6.07) is 32.6. The summed E-state index contributed by atoms with van der Waals surface area (Å²) in [5, 5.41) is 1.03. The van der Waals surface area contributed by atoms with Crippen molar-refractivity contribution in [2.45, 2.75) is 97.8 Å². The van der Waals surface area contributed by atoms with Gasteiger partial charge in [-0.05, 0) is 0 Å². The van der Waals surface area contributed by atoms with Gasteiger partial charge >= 0.3 is 364 Å². The Morgan fingerprint density at radius 1 is 0.721 bits per heavy atom. The van der Waals surface area contributed by atoms with Gasteiger partial charge in [0, 0.05) is 0 Å². The molecule has 3 aliphatic rings. The molecule has 0 bridgehead atoms. The standard InChI is InChI=1S/C45H54O14SSe/c1-45(2)55-26-37(58-45)42-43(59-60(46,47)48)39(56-44(57-42)33-9-7-6-8-10-33)29-61-28-38(53-24-31-13-19-35(50-4)20-14-31)41(54-25-32-15-21-36(51-5)22-16-32)40(61)27-52-23-30-11-17-34(49-3)18-12-30/h6-22,37-44H,23-29H2,1-5H3/p+1/t37-,38-,39+,40-,41+,42-,43-,44?,61?/m1/s1. The Hall–Kier alpha value is -3.61. The molecular formula is C45H55O14SSe+. The third-order valence-electron chi connectivity index (χ3n) is 10.8. The number of hydrogen-bond donors (Lipinski definition) is 1. The number of hydrogen-bond acceptors (Lipinski definition) is 13. The SMILES string of the molecule is COc1ccc(COC[C@@H]2[C@@H](OCc3ccc(OC)cc3)[C@H](OCc3ccc(OC)cc3)C[Se+]2C[C@@H]2OC(c3ccccc3)O[C@H]([C@H]3COC(C)(C)O3)[C@@H]2OS(=O)(=O)O)cc1. The second-order valence-electron chi connectivity index (χ2n) is 15.5. The van der Waals surface area contributed by atoms with Gasteiger partial charge in [0.15, 0.2) is 0 Å². The summed E-state index contributed by atoms with van der Waals surface area (Å²) in [5.41, 5.74) is 3.63. The van der Waals surface area contributed by atoms with Crippen molar-refractivity contribution in [3.63, 3.8) is 0 Å². The number of ether oxygens (including phenoxy) is 10. The van der Waals surface area contributed by atoms with E-state index in [1.54, 1.807) is 35.2 Å². The molecule has 3 saturated heterocycles. The Labute approximate surface area is 362 Å². The molecular weight excluding hydrogens is 876 g/mol. The molecule has 0 spiro atoms. The summed E-state index contributed by atoms with van der Waals surface area (Å²) in [6.45, 7) is 4.97. The molecule has 0 aliphatic carbocycles. The van der Waals surface area contributed by atoms with Crippen molar-refractivity contribution in [3.8, 4) is 17.2 Å². The fourth-order valence-corrected chi connectivity index (χ4v) is 14.4. The van der Waals surface area contributed by atoms with Gasteiger partial charge in [-0.15, -0.1) is 0 Å². The van der Waals surface area contributed by atoms with E-state index in [1.165, 1.54) is 0 Å². The van der Waals surface area contributed by atoms with Gasteiger partial charge in [-0.25, -0.2) is 0 Å². The zero-order valence-electron chi connectivity index (χ0n) is 35.0. The van der Waals surface area contributed by atoms with Crippen LogP contribution < -0.4 is 14.2 Å². The van der Waals surface area contributed by atoms with Crippen LogP contribution in [0.15, 0.2) is 103 Å². The van der Waals surface area contributed by atoms with Crippen LogP contribution in [-0.4, -0.2) is 104 Å². The van der Waals surface area contributed by atoms with Gasteiger partial charge in [-0.2, -0.15) is 0 Å². The second-order valence-corrected chi connectivity index (χ2v) is 21.4. The van der Waals surface area contributed by atoms with Crippen LogP contribution in [0.3, 0.4) is 0 Å². The summed E-state index contributed by atoms with van der Waals surface area (Å²) in [7, 11) is -0.0970. The van der Waals surface area contributed by atoms with Gasteiger partial charge < -0.3 is 0 Å². The van der Waals surface area contributed by atoms with Gasteiger partial charge in [0.2, 0.25) is 0 Å². The van der Waals surface area contributed by atoms with Crippen LogP contribution >= 0.6 is 0 Å². The molecule has 4 aromatic rings. The fourth-order valence-electron chi connectivity index (χ4n) is 7.70. The van der Waals surface area contributed by atoms with Crippen molar-refractivity contribution >= 4 is 24.3 Å². The summed E-state index contributed by atoms with van der Waals surface area (Å²) in [6.07, 6.45) is -5.52. The first-order valence-corrected chi connectivity index (χ1v) is 24.9. The average Bonchev–Trinajstić information content (AvgIpc) is 3.80. The minimum atomic E-state index is -4.98. The molecule has 3 aliphatic heterocycles. The molecule has 14 nitrogen and oxygen atoms in total. The first kappa shape index (κ1) is 45.4. The summed E-state index contributed by atoms with van der Waals surface area (Å²) in [4.78, 5) is -0.145. The minimum absolute atomic E-state index is 0.112. The summed E-state index contributed by atoms with van der Waals surface area (Å²) < 4.78 is 103. The molecule has 61 heavy (non-hydrogen) atoms. The topological polar surface area (TPSA) is 156 Å². The van der Waals surface area contributed by atoms with Gasteiger partial charge in [-0.1, -0.05) is 0 Å². The van der Waals surface area contributed by atoms with E-state index >= 15 is 0 Å². The number of benzene rings is 4. The normalized spacial score (nSPS) is 27.5. The predicted octanol–water partition coefficient (Wildman–Crippen LogP) is 7.10. The van der Waals surface area contributed by atoms with Crippen molar-refractivity contribution < 1.29 is 64.5 Å². The summed E-state index contributed by atoms with van der Waals surface area (Å²) in [5.74, 6) is 1.28. The fraction of sp³-hybridized carbons (Fsp3) is 0.467. The molecule has 0 saturated carbocycles. The predicted molar refractivity (Wildman–Crippen MR) is 225 cm³/mol. The third-order valence-corrected chi connectivity index (χ3v) is 17.1. The second kappa shape index (κ2) is 20.7. The zero-order valence-corrected chi connectivity index (χ0v) is 37.5. The van der Waals surface area contributed by atoms with E-state index in [4.69, 9.17) is 51.6 Å². The third kappa shape index (κ3) is 12.3. The molecule has 0 radical (unpaired) electrons. The van der Waals surface area contributed by atoms with E-state index in [2.05, 4.69) is 0 Å². The van der Waals surface area contributed by atoms with Crippen molar-refractivity contribution in [1.82, 2.24) is 0 Å². The molecule has 0 amide bonds. The Bertz CT molecular complexity index is 2070. The van der Waals surface area contributed by atoms with E-state index in [9.17, 15) is 13.0 Å². The van der Waals surface area contributed by atoms with E-state index in [-0.39, 0.29) is 17.5 Å². The molecule has 0 aromatic heterocycles. The first-order chi connectivity index (χ1) is 29.4. The van der Waals surface area contributed by atoms with Crippen LogP contribution in [0.5, 0.6) is 17.2 Å². The number of methoxy groups -OCH3 is 3. The van der Waals surface area contributed by atoms with Gasteiger partial charge in [0.05, 0.1) is 0 Å². The van der Waals surface area contributed by atoms with E-state index in [0.717, 1.165) is 39.5 Å². The van der Waals surface area contributed by atoms with E-state index in [0.29, 0.717) is 37.1 Å². The molecule has 4 aromatic carbocycles. The molecule has 330 valence electrons. The average molecular weight is 931 g/mol. The van der Waals surface area contributed by atoms with Crippen molar-refractivity contribution in [3.05, 3.63) is 125 Å². The quantitative estimate of drug-likeness (QED) is 0.0751. The Morgan fingerprint density at radius 2 is 1.28 bits per heavy atom. The Kier molecular flexibility index (Phi) is 15.4. The van der Waals surface area contributed by atoms with Crippen LogP contribution in [0.1, 0.15) is 42.4 Å². The maximum atomic E-state index is 12.6. The van der Waals surface area contributed by atoms with E-state index < -0.39 is 66.9 Å². The summed E-state index contributed by atoms with van der Waals surface area (Å²) >= 11 is -1.97. The molecule has 3 fully saturated rings. The molecule has 7 rings (SSSR count). The van der Waals surface area contributed by atoms with Gasteiger partial charge in [-0.3, -0.25) is 0 Å². The van der Waals surface area contributed by atoms with E-state index in [1.807, 2.05) is 103 Å². The number of rotatable bonds is 19. The van der Waals surface area contributed by atoms with Crippen LogP contribution in [0.2, 0.25) is 15.5 Å². The maximum absolute atomic E-state index is 12.6. The zero-order chi connectivity index (χ0) is 43.0. The first-order valence-electron chi connectivity index (χ1n) is 20.1. The Balaban J connectivity index is 1.21. The molecule has 3 heterocycles.